The Hall–Kier alpha value is -2.03. The van der Waals surface area contributed by atoms with Gasteiger partial charge in [-0.2, -0.15) is 5.21 Å². The van der Waals surface area contributed by atoms with E-state index in [1.165, 1.54) is 0 Å². The highest BCUT2D eigenvalue weighted by Gasteiger charge is 2.31. The molecule has 1 aromatic carbocycles. The van der Waals surface area contributed by atoms with Gasteiger partial charge >= 0.3 is 0 Å². The fraction of sp³-hybridized carbons (Fsp3) is 0.533. The number of nitrogens with zero attached hydrogens (tertiary/aromatic N) is 4. The van der Waals surface area contributed by atoms with Crippen LogP contribution in [0.1, 0.15) is 18.4 Å². The number of anilines is 1. The van der Waals surface area contributed by atoms with Crippen molar-refractivity contribution in [3.63, 3.8) is 0 Å². The van der Waals surface area contributed by atoms with E-state index < -0.39 is 5.60 Å². The van der Waals surface area contributed by atoms with E-state index in [1.807, 2.05) is 0 Å². The van der Waals surface area contributed by atoms with Crippen LogP contribution in [-0.2, 0) is 6.42 Å². The van der Waals surface area contributed by atoms with Crippen molar-refractivity contribution >= 4 is 5.69 Å². The molecule has 0 aliphatic carbocycles. The molecule has 23 heavy (non-hydrogen) atoms. The molecule has 1 aromatic heterocycles. The Balaban J connectivity index is 1.90. The number of aromatic amines is 1. The van der Waals surface area contributed by atoms with Gasteiger partial charge in [-0.05, 0) is 48.7 Å². The number of aromatic nitrogens is 4. The van der Waals surface area contributed by atoms with E-state index in [2.05, 4.69) is 43.7 Å². The van der Waals surface area contributed by atoms with E-state index in [0.29, 0.717) is 31.8 Å². The van der Waals surface area contributed by atoms with E-state index in [1.54, 1.807) is 0 Å². The topological polar surface area (TPSA) is 130 Å². The summed E-state index contributed by atoms with van der Waals surface area (Å²) < 4.78 is 0. The Morgan fingerprint density at radius 3 is 2.65 bits per heavy atom. The first-order valence-corrected chi connectivity index (χ1v) is 7.89. The number of hydrogen-bond donors (Lipinski definition) is 4. The minimum Gasteiger partial charge on any atom is -0.388 e. The third-order valence-corrected chi connectivity index (χ3v) is 4.50. The van der Waals surface area contributed by atoms with Crippen LogP contribution in [0.5, 0.6) is 0 Å². The quantitative estimate of drug-likeness (QED) is 0.593. The van der Waals surface area contributed by atoms with Gasteiger partial charge < -0.3 is 21.5 Å². The second-order valence-corrected chi connectivity index (χ2v) is 6.04. The first-order chi connectivity index (χ1) is 11.1. The number of tetrazole rings is 1. The van der Waals surface area contributed by atoms with Gasteiger partial charge in [0.15, 0.2) is 0 Å². The van der Waals surface area contributed by atoms with Gasteiger partial charge in [-0.3, -0.25) is 0 Å². The van der Waals surface area contributed by atoms with Gasteiger partial charge in [0.2, 0.25) is 5.82 Å². The summed E-state index contributed by atoms with van der Waals surface area (Å²) in [6, 6.07) is 6.22. The lowest BCUT2D eigenvalue weighted by Crippen LogP contribution is -2.48. The summed E-state index contributed by atoms with van der Waals surface area (Å²) in [5.74, 6) is 0.568. The number of benzene rings is 1. The van der Waals surface area contributed by atoms with Gasteiger partial charge in [-0.15, -0.1) is 10.2 Å². The van der Waals surface area contributed by atoms with Gasteiger partial charge in [0.25, 0.3) is 0 Å². The lowest BCUT2D eigenvalue weighted by Gasteiger charge is -2.39. The predicted octanol–water partition coefficient (Wildman–Crippen LogP) is -0.342. The lowest BCUT2D eigenvalue weighted by atomic mass is 9.91. The van der Waals surface area contributed by atoms with Crippen molar-refractivity contribution in [3.05, 3.63) is 23.8 Å². The Kier molecular flexibility index (Phi) is 4.56. The molecular weight excluding hydrogens is 294 g/mol. The molecule has 0 amide bonds. The maximum atomic E-state index is 10.3. The monoisotopic (exact) mass is 317 g/mol. The number of piperidine rings is 1. The molecule has 1 aliphatic rings. The van der Waals surface area contributed by atoms with Crippen LogP contribution in [0.4, 0.5) is 5.69 Å². The largest absolute Gasteiger partial charge is 0.388 e. The summed E-state index contributed by atoms with van der Waals surface area (Å²) in [5, 5.41) is 24.7. The highest BCUT2D eigenvalue weighted by molar-refractivity contribution is 5.75. The predicted molar refractivity (Wildman–Crippen MR) is 87.8 cm³/mol. The first-order valence-electron chi connectivity index (χ1n) is 7.89. The van der Waals surface area contributed by atoms with Crippen molar-refractivity contribution in [3.8, 4) is 11.4 Å². The van der Waals surface area contributed by atoms with Gasteiger partial charge in [-0.1, -0.05) is 6.07 Å². The van der Waals surface area contributed by atoms with E-state index in [4.69, 9.17) is 11.5 Å². The molecule has 3 rings (SSSR count). The molecule has 8 nitrogen and oxygen atoms in total. The molecule has 6 N–H and O–H groups in total. The second kappa shape index (κ2) is 6.61. The molecule has 0 saturated carbocycles. The van der Waals surface area contributed by atoms with Crippen LogP contribution in [0.2, 0.25) is 0 Å². The Labute approximate surface area is 134 Å². The van der Waals surface area contributed by atoms with Crippen molar-refractivity contribution in [2.75, 3.05) is 31.1 Å². The van der Waals surface area contributed by atoms with E-state index in [-0.39, 0.29) is 0 Å². The van der Waals surface area contributed by atoms with Crippen molar-refractivity contribution in [1.82, 2.24) is 20.6 Å². The SMILES string of the molecule is NCCc1ccc(N2CCC(O)(CN)CC2)c(-c2nn[nH]n2)c1. The summed E-state index contributed by atoms with van der Waals surface area (Å²) in [6.45, 7) is 2.38. The molecule has 2 aromatic rings. The zero-order chi connectivity index (χ0) is 16.3. The van der Waals surface area contributed by atoms with Gasteiger partial charge in [0.05, 0.1) is 5.60 Å². The van der Waals surface area contributed by atoms with Crippen LogP contribution in [-0.4, -0.2) is 57.5 Å². The van der Waals surface area contributed by atoms with Gasteiger partial charge in [-0.25, -0.2) is 0 Å². The van der Waals surface area contributed by atoms with E-state index in [9.17, 15) is 5.11 Å². The van der Waals surface area contributed by atoms with Crippen LogP contribution in [0, 0.1) is 0 Å². The lowest BCUT2D eigenvalue weighted by molar-refractivity contribution is 0.0250. The van der Waals surface area contributed by atoms with Crippen molar-refractivity contribution in [2.45, 2.75) is 24.9 Å². The number of hydrogen-bond acceptors (Lipinski definition) is 7. The Morgan fingerprint density at radius 1 is 1.26 bits per heavy atom. The summed E-state index contributed by atoms with van der Waals surface area (Å²) >= 11 is 0. The second-order valence-electron chi connectivity index (χ2n) is 6.04. The van der Waals surface area contributed by atoms with Crippen molar-refractivity contribution < 1.29 is 5.11 Å². The number of rotatable bonds is 5. The average Bonchev–Trinajstić information content (AvgIpc) is 3.10. The summed E-state index contributed by atoms with van der Waals surface area (Å²) in [4.78, 5) is 2.24. The van der Waals surface area contributed by atoms with Crippen LogP contribution in [0.3, 0.4) is 0 Å². The third kappa shape index (κ3) is 3.34. The minimum atomic E-state index is -0.748. The zero-order valence-electron chi connectivity index (χ0n) is 13.1. The highest BCUT2D eigenvalue weighted by Crippen LogP contribution is 2.33. The van der Waals surface area contributed by atoms with Crippen LogP contribution < -0.4 is 16.4 Å². The summed E-state index contributed by atoms with van der Waals surface area (Å²) in [7, 11) is 0. The molecule has 1 saturated heterocycles. The molecule has 0 spiro atoms. The zero-order valence-corrected chi connectivity index (χ0v) is 13.1. The molecule has 0 unspecified atom stereocenters. The molecule has 0 radical (unpaired) electrons. The number of H-pyrrole nitrogens is 1. The van der Waals surface area contributed by atoms with Crippen LogP contribution in [0.25, 0.3) is 11.4 Å². The van der Waals surface area contributed by atoms with Gasteiger partial charge in [0.1, 0.15) is 0 Å². The van der Waals surface area contributed by atoms with Crippen LogP contribution in [0.15, 0.2) is 18.2 Å². The molecule has 2 heterocycles. The number of aliphatic hydroxyl groups is 1. The first kappa shape index (κ1) is 15.9. The van der Waals surface area contributed by atoms with Crippen LogP contribution >= 0.6 is 0 Å². The normalized spacial score (nSPS) is 17.4. The fourth-order valence-electron chi connectivity index (χ4n) is 3.00. The number of nitrogens with two attached hydrogens (primary N) is 2. The van der Waals surface area contributed by atoms with E-state index in [0.717, 1.165) is 36.3 Å². The smallest absolute Gasteiger partial charge is 0.206 e. The van der Waals surface area contributed by atoms with E-state index >= 15 is 0 Å². The maximum Gasteiger partial charge on any atom is 0.206 e. The maximum absolute atomic E-state index is 10.3. The van der Waals surface area contributed by atoms with Crippen molar-refractivity contribution in [2.24, 2.45) is 11.5 Å². The third-order valence-electron chi connectivity index (χ3n) is 4.50. The molecule has 1 aliphatic heterocycles. The number of nitrogens with one attached hydrogen (secondary N) is 1. The standard InChI is InChI=1S/C15H23N7O/c16-6-3-11-1-2-13(12(9-11)14-18-20-21-19-14)22-7-4-15(23,10-17)5-8-22/h1-2,9,23H,3-8,10,16-17H2,(H,18,19,20,21). The Morgan fingerprint density at radius 2 is 2.04 bits per heavy atom. The highest BCUT2D eigenvalue weighted by atomic mass is 16.3. The summed E-state index contributed by atoms with van der Waals surface area (Å²) in [6.07, 6.45) is 2.11. The average molecular weight is 317 g/mol. The molecule has 0 bridgehead atoms. The molecule has 0 atom stereocenters. The van der Waals surface area contributed by atoms with Gasteiger partial charge in [0, 0.05) is 30.9 Å². The minimum absolute atomic E-state index is 0.300. The Bertz CT molecular complexity index is 635. The van der Waals surface area contributed by atoms with Crippen molar-refractivity contribution in [1.29, 1.82) is 0 Å². The summed E-state index contributed by atoms with van der Waals surface area (Å²) in [5.41, 5.74) is 13.7. The molecular formula is C15H23N7O. The fourth-order valence-corrected chi connectivity index (χ4v) is 3.00. The molecule has 124 valence electrons. The molecule has 8 heteroatoms. The molecule has 1 fully saturated rings.